The first kappa shape index (κ1) is 13.5. The minimum atomic E-state index is 0.0333. The van der Waals surface area contributed by atoms with Crippen LogP contribution in [0.5, 0.6) is 0 Å². The monoisotopic (exact) mass is 286 g/mol. The average molecular weight is 287 g/mol. The second kappa shape index (κ2) is 5.66. The predicted molar refractivity (Wildman–Crippen MR) is 71.7 cm³/mol. The molecule has 0 fully saturated rings. The highest BCUT2D eigenvalue weighted by molar-refractivity contribution is 9.10. The van der Waals surface area contributed by atoms with Gasteiger partial charge in [-0.15, -0.1) is 0 Å². The standard InChI is InChI=1S/C12H19BrN2O/c1-8(7-16)15(3)12-5-4-10(9(2)14)6-11(12)13/h4-6,8-9,16H,7,14H2,1-3H3/t8?,9-/m1/s1. The van der Waals surface area contributed by atoms with Crippen LogP contribution in [-0.2, 0) is 0 Å². The Morgan fingerprint density at radius 3 is 2.50 bits per heavy atom. The fraction of sp³-hybridized carbons (Fsp3) is 0.500. The summed E-state index contributed by atoms with van der Waals surface area (Å²) in [5.74, 6) is 0. The van der Waals surface area contributed by atoms with E-state index in [-0.39, 0.29) is 18.7 Å². The van der Waals surface area contributed by atoms with E-state index in [0.29, 0.717) is 0 Å². The van der Waals surface area contributed by atoms with Crippen molar-refractivity contribution in [2.75, 3.05) is 18.6 Å². The molecule has 0 aromatic heterocycles. The van der Waals surface area contributed by atoms with Crippen LogP contribution in [0.3, 0.4) is 0 Å². The summed E-state index contributed by atoms with van der Waals surface area (Å²) in [6, 6.07) is 6.20. The number of halogens is 1. The molecule has 0 aliphatic rings. The molecule has 16 heavy (non-hydrogen) atoms. The highest BCUT2D eigenvalue weighted by Gasteiger charge is 2.12. The van der Waals surface area contributed by atoms with Crippen molar-refractivity contribution >= 4 is 21.6 Å². The lowest BCUT2D eigenvalue weighted by molar-refractivity contribution is 0.270. The molecular formula is C12H19BrN2O. The van der Waals surface area contributed by atoms with Gasteiger partial charge in [-0.1, -0.05) is 6.07 Å². The van der Waals surface area contributed by atoms with E-state index >= 15 is 0 Å². The van der Waals surface area contributed by atoms with E-state index in [1.54, 1.807) is 0 Å². The number of hydrogen-bond acceptors (Lipinski definition) is 3. The summed E-state index contributed by atoms with van der Waals surface area (Å²) >= 11 is 3.53. The molecule has 3 nitrogen and oxygen atoms in total. The third-order valence-corrected chi connectivity index (χ3v) is 3.44. The Kier molecular flexibility index (Phi) is 4.77. The van der Waals surface area contributed by atoms with E-state index in [9.17, 15) is 0 Å². The molecule has 0 aliphatic carbocycles. The molecular weight excluding hydrogens is 268 g/mol. The zero-order chi connectivity index (χ0) is 12.3. The van der Waals surface area contributed by atoms with Crippen molar-refractivity contribution in [3.05, 3.63) is 28.2 Å². The number of aliphatic hydroxyl groups excluding tert-OH is 1. The Labute approximate surface area is 105 Å². The summed E-state index contributed by atoms with van der Waals surface area (Å²) < 4.78 is 1.00. The molecule has 0 heterocycles. The second-order valence-corrected chi connectivity index (χ2v) is 5.00. The minimum Gasteiger partial charge on any atom is -0.394 e. The molecule has 0 aliphatic heterocycles. The van der Waals surface area contributed by atoms with Crippen LogP contribution in [0.15, 0.2) is 22.7 Å². The maximum absolute atomic E-state index is 9.12. The maximum Gasteiger partial charge on any atom is 0.0632 e. The summed E-state index contributed by atoms with van der Waals surface area (Å²) in [6.07, 6.45) is 0. The maximum atomic E-state index is 9.12. The first-order valence-electron chi connectivity index (χ1n) is 5.36. The van der Waals surface area contributed by atoms with Crippen LogP contribution in [0.1, 0.15) is 25.5 Å². The average Bonchev–Trinajstić information content (AvgIpc) is 2.26. The number of rotatable bonds is 4. The van der Waals surface area contributed by atoms with Gasteiger partial charge in [-0.2, -0.15) is 0 Å². The summed E-state index contributed by atoms with van der Waals surface area (Å²) in [7, 11) is 1.96. The zero-order valence-electron chi connectivity index (χ0n) is 9.94. The largest absolute Gasteiger partial charge is 0.394 e. The molecule has 1 rings (SSSR count). The Morgan fingerprint density at radius 2 is 2.06 bits per heavy atom. The molecule has 4 heteroatoms. The van der Waals surface area contributed by atoms with Gasteiger partial charge in [0, 0.05) is 23.6 Å². The number of hydrogen-bond donors (Lipinski definition) is 2. The Balaban J connectivity index is 2.99. The van der Waals surface area contributed by atoms with Crippen LogP contribution in [0, 0.1) is 0 Å². The van der Waals surface area contributed by atoms with Crippen LogP contribution >= 0.6 is 15.9 Å². The predicted octanol–water partition coefficient (Wildman–Crippen LogP) is 2.29. The van der Waals surface area contributed by atoms with Crippen LogP contribution in [0.25, 0.3) is 0 Å². The Morgan fingerprint density at radius 1 is 1.44 bits per heavy atom. The van der Waals surface area contributed by atoms with Gasteiger partial charge in [0.15, 0.2) is 0 Å². The van der Waals surface area contributed by atoms with Gasteiger partial charge in [-0.3, -0.25) is 0 Å². The third kappa shape index (κ3) is 2.97. The molecule has 0 saturated carbocycles. The molecule has 1 aromatic carbocycles. The summed E-state index contributed by atoms with van der Waals surface area (Å²) in [6.45, 7) is 4.07. The van der Waals surface area contributed by atoms with Gasteiger partial charge in [0.05, 0.1) is 12.3 Å². The highest BCUT2D eigenvalue weighted by atomic mass is 79.9. The second-order valence-electron chi connectivity index (χ2n) is 4.14. The lowest BCUT2D eigenvalue weighted by Gasteiger charge is -2.27. The van der Waals surface area contributed by atoms with Gasteiger partial charge in [-0.05, 0) is 47.5 Å². The van der Waals surface area contributed by atoms with E-state index in [2.05, 4.69) is 15.9 Å². The normalized spacial score (nSPS) is 14.6. The molecule has 0 amide bonds. The van der Waals surface area contributed by atoms with Gasteiger partial charge in [0.2, 0.25) is 0 Å². The van der Waals surface area contributed by atoms with Gasteiger partial charge in [-0.25, -0.2) is 0 Å². The van der Waals surface area contributed by atoms with Crippen molar-refractivity contribution in [1.82, 2.24) is 0 Å². The van der Waals surface area contributed by atoms with Crippen LogP contribution in [0.2, 0.25) is 0 Å². The number of likely N-dealkylation sites (N-methyl/N-ethyl adjacent to an activating group) is 1. The van der Waals surface area contributed by atoms with E-state index in [4.69, 9.17) is 10.8 Å². The van der Waals surface area contributed by atoms with Crippen molar-refractivity contribution in [3.63, 3.8) is 0 Å². The molecule has 0 bridgehead atoms. The first-order valence-corrected chi connectivity index (χ1v) is 6.15. The smallest absolute Gasteiger partial charge is 0.0632 e. The zero-order valence-corrected chi connectivity index (χ0v) is 11.5. The summed E-state index contributed by atoms with van der Waals surface area (Å²) in [5.41, 5.74) is 7.98. The molecule has 2 atom stereocenters. The van der Waals surface area contributed by atoms with Crippen molar-refractivity contribution in [1.29, 1.82) is 0 Å². The van der Waals surface area contributed by atoms with Crippen molar-refractivity contribution in [3.8, 4) is 0 Å². The van der Waals surface area contributed by atoms with Crippen LogP contribution in [-0.4, -0.2) is 24.8 Å². The lowest BCUT2D eigenvalue weighted by Crippen LogP contribution is -2.32. The minimum absolute atomic E-state index is 0.0333. The highest BCUT2D eigenvalue weighted by Crippen LogP contribution is 2.29. The van der Waals surface area contributed by atoms with Gasteiger partial charge >= 0.3 is 0 Å². The molecule has 90 valence electrons. The van der Waals surface area contributed by atoms with Gasteiger partial charge in [0.25, 0.3) is 0 Å². The van der Waals surface area contributed by atoms with E-state index < -0.39 is 0 Å². The fourth-order valence-corrected chi connectivity index (χ4v) is 2.13. The lowest BCUT2D eigenvalue weighted by atomic mass is 10.1. The van der Waals surface area contributed by atoms with Crippen LogP contribution in [0.4, 0.5) is 5.69 Å². The Bertz CT molecular complexity index is 355. The van der Waals surface area contributed by atoms with Crippen LogP contribution < -0.4 is 10.6 Å². The molecule has 0 radical (unpaired) electrons. The summed E-state index contributed by atoms with van der Waals surface area (Å²) in [5, 5.41) is 9.12. The number of nitrogens with two attached hydrogens (primary N) is 1. The fourth-order valence-electron chi connectivity index (χ4n) is 1.45. The van der Waals surface area contributed by atoms with E-state index in [0.717, 1.165) is 15.7 Å². The summed E-state index contributed by atoms with van der Waals surface area (Å²) in [4.78, 5) is 2.04. The SMILES string of the molecule is CC(CO)N(C)c1ccc([C@@H](C)N)cc1Br. The number of nitrogens with zero attached hydrogens (tertiary/aromatic N) is 1. The number of aliphatic hydroxyl groups is 1. The van der Waals surface area contributed by atoms with Crippen molar-refractivity contribution < 1.29 is 5.11 Å². The number of anilines is 1. The first-order chi connectivity index (χ1) is 7.47. The van der Waals surface area contributed by atoms with E-state index in [1.165, 1.54) is 0 Å². The van der Waals surface area contributed by atoms with E-state index in [1.807, 2.05) is 44.0 Å². The molecule has 0 saturated heterocycles. The van der Waals surface area contributed by atoms with Crippen molar-refractivity contribution in [2.24, 2.45) is 5.73 Å². The number of benzene rings is 1. The van der Waals surface area contributed by atoms with Gasteiger partial charge in [0.1, 0.15) is 0 Å². The molecule has 3 N–H and O–H groups in total. The quantitative estimate of drug-likeness (QED) is 0.893. The third-order valence-electron chi connectivity index (χ3n) is 2.80. The molecule has 1 aromatic rings. The van der Waals surface area contributed by atoms with Crippen molar-refractivity contribution in [2.45, 2.75) is 25.9 Å². The Hall–Kier alpha value is -0.580. The topological polar surface area (TPSA) is 49.5 Å². The molecule has 0 spiro atoms. The molecule has 1 unspecified atom stereocenters. The van der Waals surface area contributed by atoms with Gasteiger partial charge < -0.3 is 15.7 Å².